The van der Waals surface area contributed by atoms with E-state index in [2.05, 4.69) is 10.3 Å². The molecule has 0 amide bonds. The van der Waals surface area contributed by atoms with Crippen molar-refractivity contribution in [2.75, 3.05) is 33.0 Å². The van der Waals surface area contributed by atoms with Gasteiger partial charge < -0.3 is 30.3 Å². The van der Waals surface area contributed by atoms with Crippen LogP contribution in [0.15, 0.2) is 6.20 Å². The van der Waals surface area contributed by atoms with E-state index in [4.69, 9.17) is 20.1 Å². The summed E-state index contributed by atoms with van der Waals surface area (Å²) < 4.78 is 6.54. The van der Waals surface area contributed by atoms with E-state index in [1.165, 1.54) is 10.9 Å². The van der Waals surface area contributed by atoms with Crippen molar-refractivity contribution in [3.8, 4) is 0 Å². The minimum atomic E-state index is -1.29. The summed E-state index contributed by atoms with van der Waals surface area (Å²) in [5.74, 6) is -0.898. The SMILES string of the molecule is O=C(O)CCCc1cn(C(CO)(CO)COC(CO)CO)nn1. The molecule has 0 aliphatic heterocycles. The Labute approximate surface area is 132 Å². The van der Waals surface area contributed by atoms with Crippen LogP contribution >= 0.6 is 0 Å². The number of carboxylic acids is 1. The molecule has 1 aromatic rings. The van der Waals surface area contributed by atoms with Crippen molar-refractivity contribution in [1.82, 2.24) is 15.0 Å². The van der Waals surface area contributed by atoms with Gasteiger partial charge in [-0.3, -0.25) is 4.79 Å². The molecule has 10 nitrogen and oxygen atoms in total. The lowest BCUT2D eigenvalue weighted by Crippen LogP contribution is -2.47. The van der Waals surface area contributed by atoms with Crippen LogP contribution in [0.2, 0.25) is 0 Å². The lowest BCUT2D eigenvalue weighted by molar-refractivity contribution is -0.137. The topological polar surface area (TPSA) is 158 Å². The molecule has 5 N–H and O–H groups in total. The number of aliphatic carboxylic acids is 1. The fourth-order valence-electron chi connectivity index (χ4n) is 1.85. The van der Waals surface area contributed by atoms with Crippen LogP contribution in [0.1, 0.15) is 18.5 Å². The van der Waals surface area contributed by atoms with Gasteiger partial charge >= 0.3 is 5.97 Å². The summed E-state index contributed by atoms with van der Waals surface area (Å²) in [6.45, 7) is -1.98. The standard InChI is InChI=1S/C13H23N3O7/c17-5-11(6-18)23-9-13(7-19,8-20)16-4-10(14-15-16)2-1-3-12(21)22/h4,11,17-20H,1-3,5-9H2,(H,21,22). The highest BCUT2D eigenvalue weighted by atomic mass is 16.5. The Morgan fingerprint density at radius 3 is 2.43 bits per heavy atom. The van der Waals surface area contributed by atoms with Gasteiger partial charge in [-0.05, 0) is 12.8 Å². The number of ether oxygens (including phenoxy) is 1. The Kier molecular flexibility index (Phi) is 8.06. The minimum absolute atomic E-state index is 0.00972. The molecule has 0 bridgehead atoms. The zero-order valence-corrected chi connectivity index (χ0v) is 12.7. The van der Waals surface area contributed by atoms with Crippen LogP contribution in [0, 0.1) is 0 Å². The Morgan fingerprint density at radius 2 is 1.91 bits per heavy atom. The third-order valence-electron chi connectivity index (χ3n) is 3.43. The molecule has 1 rings (SSSR count). The Bertz CT molecular complexity index is 472. The molecule has 0 saturated carbocycles. The second-order valence-electron chi connectivity index (χ2n) is 5.24. The second kappa shape index (κ2) is 9.53. The summed E-state index contributed by atoms with van der Waals surface area (Å²) >= 11 is 0. The lowest BCUT2D eigenvalue weighted by atomic mass is 10.0. The van der Waals surface area contributed by atoms with Crippen molar-refractivity contribution < 1.29 is 35.1 Å². The monoisotopic (exact) mass is 333 g/mol. The van der Waals surface area contributed by atoms with Crippen molar-refractivity contribution in [2.24, 2.45) is 0 Å². The van der Waals surface area contributed by atoms with Crippen LogP contribution in [0.5, 0.6) is 0 Å². The number of hydrogen-bond acceptors (Lipinski definition) is 8. The maximum atomic E-state index is 10.5. The summed E-state index contributed by atoms with van der Waals surface area (Å²) in [6, 6.07) is 0. The molecule has 1 heterocycles. The van der Waals surface area contributed by atoms with Gasteiger partial charge in [-0.15, -0.1) is 5.10 Å². The molecule has 0 aliphatic carbocycles. The number of rotatable bonds is 12. The molecule has 23 heavy (non-hydrogen) atoms. The molecule has 0 radical (unpaired) electrons. The van der Waals surface area contributed by atoms with Gasteiger partial charge in [-0.25, -0.2) is 4.68 Å². The molecule has 0 spiro atoms. The van der Waals surface area contributed by atoms with E-state index in [0.29, 0.717) is 18.5 Å². The molecule has 0 saturated heterocycles. The maximum absolute atomic E-state index is 10.5. The van der Waals surface area contributed by atoms with Crippen molar-refractivity contribution in [2.45, 2.75) is 30.9 Å². The van der Waals surface area contributed by atoms with E-state index < -0.39 is 44.0 Å². The first-order chi connectivity index (χ1) is 11.0. The highest BCUT2D eigenvalue weighted by Crippen LogP contribution is 2.17. The van der Waals surface area contributed by atoms with Crippen LogP contribution in [-0.2, 0) is 21.5 Å². The average molecular weight is 333 g/mol. The Hall–Kier alpha value is -1.59. The summed E-state index contributed by atoms with van der Waals surface area (Å²) in [4.78, 5) is 10.5. The predicted octanol–water partition coefficient (Wildman–Crippen LogP) is -2.26. The van der Waals surface area contributed by atoms with Crippen molar-refractivity contribution >= 4 is 5.97 Å². The Balaban J connectivity index is 2.76. The zero-order valence-electron chi connectivity index (χ0n) is 12.7. The summed E-state index contributed by atoms with van der Waals surface area (Å²) in [6.07, 6.45) is 1.48. The molecule has 0 atom stereocenters. The van der Waals surface area contributed by atoms with Crippen molar-refractivity contribution in [3.63, 3.8) is 0 Å². The van der Waals surface area contributed by atoms with Crippen molar-refractivity contribution in [1.29, 1.82) is 0 Å². The quantitative estimate of drug-likeness (QED) is 0.284. The molecule has 0 aromatic carbocycles. The molecule has 0 fully saturated rings. The number of carbonyl (C=O) groups is 1. The molecular weight excluding hydrogens is 310 g/mol. The van der Waals surface area contributed by atoms with E-state index in [-0.39, 0.29) is 13.0 Å². The van der Waals surface area contributed by atoms with E-state index >= 15 is 0 Å². The third-order valence-corrected chi connectivity index (χ3v) is 3.43. The van der Waals surface area contributed by atoms with Gasteiger partial charge in [-0.1, -0.05) is 5.21 Å². The van der Waals surface area contributed by atoms with Gasteiger partial charge in [0, 0.05) is 12.6 Å². The molecule has 10 heteroatoms. The van der Waals surface area contributed by atoms with Gasteiger partial charge in [0.15, 0.2) is 0 Å². The summed E-state index contributed by atoms with van der Waals surface area (Å²) in [5, 5.41) is 53.6. The smallest absolute Gasteiger partial charge is 0.303 e. The second-order valence-corrected chi connectivity index (χ2v) is 5.24. The van der Waals surface area contributed by atoms with Gasteiger partial charge in [0.25, 0.3) is 0 Å². The van der Waals surface area contributed by atoms with E-state index in [1.807, 2.05) is 0 Å². The number of aliphatic hydroxyl groups excluding tert-OH is 4. The highest BCUT2D eigenvalue weighted by Gasteiger charge is 2.34. The first kappa shape index (κ1) is 19.5. The molecule has 1 aromatic heterocycles. The number of hydrogen-bond donors (Lipinski definition) is 5. The summed E-state index contributed by atoms with van der Waals surface area (Å²) in [5.41, 5.74) is -0.765. The number of carboxylic acid groups (broad SMARTS) is 1. The van der Waals surface area contributed by atoms with Gasteiger partial charge in [-0.2, -0.15) is 0 Å². The zero-order chi connectivity index (χ0) is 17.3. The predicted molar refractivity (Wildman–Crippen MR) is 76.7 cm³/mol. The number of aryl methyl sites for hydroxylation is 1. The average Bonchev–Trinajstić information content (AvgIpc) is 3.01. The van der Waals surface area contributed by atoms with Crippen LogP contribution in [-0.4, -0.2) is 85.6 Å². The van der Waals surface area contributed by atoms with Crippen molar-refractivity contribution in [3.05, 3.63) is 11.9 Å². The van der Waals surface area contributed by atoms with E-state index in [0.717, 1.165) is 0 Å². The largest absolute Gasteiger partial charge is 0.481 e. The molecular formula is C13H23N3O7. The first-order valence-electron chi connectivity index (χ1n) is 7.20. The Morgan fingerprint density at radius 1 is 1.26 bits per heavy atom. The fourth-order valence-corrected chi connectivity index (χ4v) is 1.85. The molecule has 132 valence electrons. The first-order valence-corrected chi connectivity index (χ1v) is 7.20. The van der Waals surface area contributed by atoms with E-state index in [1.54, 1.807) is 0 Å². The number of nitrogens with zero attached hydrogens (tertiary/aromatic N) is 3. The van der Waals surface area contributed by atoms with Gasteiger partial charge in [0.05, 0.1) is 38.7 Å². The molecule has 0 unspecified atom stereocenters. The van der Waals surface area contributed by atoms with Crippen LogP contribution in [0.4, 0.5) is 0 Å². The van der Waals surface area contributed by atoms with Crippen LogP contribution in [0.25, 0.3) is 0 Å². The summed E-state index contributed by atoms with van der Waals surface area (Å²) in [7, 11) is 0. The van der Waals surface area contributed by atoms with Gasteiger partial charge in [0.2, 0.25) is 0 Å². The fraction of sp³-hybridized carbons (Fsp3) is 0.769. The van der Waals surface area contributed by atoms with E-state index in [9.17, 15) is 15.0 Å². The van der Waals surface area contributed by atoms with Gasteiger partial charge in [0.1, 0.15) is 11.6 Å². The molecule has 0 aliphatic rings. The minimum Gasteiger partial charge on any atom is -0.481 e. The highest BCUT2D eigenvalue weighted by molar-refractivity contribution is 5.66. The van der Waals surface area contributed by atoms with Crippen LogP contribution < -0.4 is 0 Å². The normalized spacial score (nSPS) is 12.0. The third kappa shape index (κ3) is 5.52. The number of aliphatic hydroxyl groups is 4. The number of aromatic nitrogens is 3. The maximum Gasteiger partial charge on any atom is 0.303 e. The van der Waals surface area contributed by atoms with Crippen LogP contribution in [0.3, 0.4) is 0 Å². The lowest BCUT2D eigenvalue weighted by Gasteiger charge is -2.30.